The van der Waals surface area contributed by atoms with Crippen molar-refractivity contribution in [3.8, 4) is 5.75 Å². The van der Waals surface area contributed by atoms with Crippen LogP contribution in [0.3, 0.4) is 0 Å². The van der Waals surface area contributed by atoms with E-state index in [-0.39, 0.29) is 4.90 Å². The Morgan fingerprint density at radius 1 is 1.13 bits per heavy atom. The zero-order chi connectivity index (χ0) is 16.9. The molecule has 6 heteroatoms. The Morgan fingerprint density at radius 2 is 1.83 bits per heavy atom. The molecule has 0 unspecified atom stereocenters. The maximum Gasteiger partial charge on any atom is 0.240 e. The number of rotatable bonds is 7. The van der Waals surface area contributed by atoms with Crippen LogP contribution in [0.1, 0.15) is 17.5 Å². The van der Waals surface area contributed by atoms with Crippen LogP contribution < -0.4 is 9.46 Å². The Balaban J connectivity index is 1.89. The first-order chi connectivity index (χ1) is 10.9. The molecule has 0 radical (unpaired) electrons. The summed E-state index contributed by atoms with van der Waals surface area (Å²) in [5, 5.41) is 0. The van der Waals surface area contributed by atoms with Gasteiger partial charge < -0.3 is 4.74 Å². The molecule has 0 fully saturated rings. The standard InChI is InChI=1S/C17H20FNO3S/c1-13-12-15(18)7-10-17(13)23(20,21)19-11-3-4-14-5-8-16(22-2)9-6-14/h5-10,12,19H,3-4,11H2,1-2H3. The van der Waals surface area contributed by atoms with E-state index >= 15 is 0 Å². The number of hydrogen-bond donors (Lipinski definition) is 1. The third-order valence-electron chi connectivity index (χ3n) is 3.52. The Morgan fingerprint density at radius 3 is 2.43 bits per heavy atom. The average molecular weight is 337 g/mol. The van der Waals surface area contributed by atoms with E-state index in [0.717, 1.165) is 23.8 Å². The average Bonchev–Trinajstić information content (AvgIpc) is 2.52. The van der Waals surface area contributed by atoms with Crippen molar-refractivity contribution in [2.45, 2.75) is 24.7 Å². The van der Waals surface area contributed by atoms with Crippen LogP contribution in [0.5, 0.6) is 5.75 Å². The molecular formula is C17H20FNO3S. The number of benzene rings is 2. The van der Waals surface area contributed by atoms with E-state index < -0.39 is 15.8 Å². The van der Waals surface area contributed by atoms with Gasteiger partial charge in [-0.3, -0.25) is 0 Å². The summed E-state index contributed by atoms with van der Waals surface area (Å²) in [5.74, 6) is 0.349. The van der Waals surface area contributed by atoms with Gasteiger partial charge in [0.2, 0.25) is 10.0 Å². The van der Waals surface area contributed by atoms with Gasteiger partial charge in [-0.05, 0) is 61.2 Å². The minimum atomic E-state index is -3.61. The van der Waals surface area contributed by atoms with E-state index in [1.807, 2.05) is 24.3 Å². The van der Waals surface area contributed by atoms with Gasteiger partial charge in [0, 0.05) is 6.54 Å². The van der Waals surface area contributed by atoms with Gasteiger partial charge in [0.15, 0.2) is 0 Å². The summed E-state index contributed by atoms with van der Waals surface area (Å²) in [4.78, 5) is 0.114. The first-order valence-corrected chi connectivity index (χ1v) is 8.79. The molecule has 2 aromatic carbocycles. The second kappa shape index (κ2) is 7.57. The zero-order valence-electron chi connectivity index (χ0n) is 13.2. The summed E-state index contributed by atoms with van der Waals surface area (Å²) >= 11 is 0. The molecule has 23 heavy (non-hydrogen) atoms. The monoisotopic (exact) mass is 337 g/mol. The van der Waals surface area contributed by atoms with Crippen LogP contribution in [0, 0.1) is 12.7 Å². The van der Waals surface area contributed by atoms with E-state index in [2.05, 4.69) is 4.72 Å². The fourth-order valence-corrected chi connectivity index (χ4v) is 3.58. The summed E-state index contributed by atoms with van der Waals surface area (Å²) in [6.07, 6.45) is 1.43. The highest BCUT2D eigenvalue weighted by molar-refractivity contribution is 7.89. The van der Waals surface area contributed by atoms with Gasteiger partial charge in [0.25, 0.3) is 0 Å². The fraction of sp³-hybridized carbons (Fsp3) is 0.294. The van der Waals surface area contributed by atoms with Gasteiger partial charge >= 0.3 is 0 Å². The van der Waals surface area contributed by atoms with Crippen molar-refractivity contribution in [1.82, 2.24) is 4.72 Å². The van der Waals surface area contributed by atoms with Gasteiger partial charge in [0.1, 0.15) is 11.6 Å². The minimum Gasteiger partial charge on any atom is -0.497 e. The van der Waals surface area contributed by atoms with Gasteiger partial charge in [-0.2, -0.15) is 0 Å². The van der Waals surface area contributed by atoms with Crippen molar-refractivity contribution in [3.63, 3.8) is 0 Å². The largest absolute Gasteiger partial charge is 0.497 e. The Hall–Kier alpha value is -1.92. The SMILES string of the molecule is COc1ccc(CCCNS(=O)(=O)c2ccc(F)cc2C)cc1. The molecule has 124 valence electrons. The lowest BCUT2D eigenvalue weighted by molar-refractivity contribution is 0.414. The zero-order valence-corrected chi connectivity index (χ0v) is 14.0. The molecule has 0 aromatic heterocycles. The molecule has 1 N–H and O–H groups in total. The molecule has 0 bridgehead atoms. The quantitative estimate of drug-likeness (QED) is 0.790. The topological polar surface area (TPSA) is 55.4 Å². The lowest BCUT2D eigenvalue weighted by atomic mass is 10.1. The third kappa shape index (κ3) is 4.77. The molecule has 0 saturated heterocycles. The van der Waals surface area contributed by atoms with Crippen LogP contribution in [-0.4, -0.2) is 22.1 Å². The molecule has 0 spiro atoms. The van der Waals surface area contributed by atoms with Crippen molar-refractivity contribution >= 4 is 10.0 Å². The number of hydrogen-bond acceptors (Lipinski definition) is 3. The second-order valence-electron chi connectivity index (χ2n) is 5.26. The Labute approximate surface area is 136 Å². The second-order valence-corrected chi connectivity index (χ2v) is 6.99. The maximum absolute atomic E-state index is 13.1. The number of aryl methyl sites for hydroxylation is 2. The third-order valence-corrected chi connectivity index (χ3v) is 5.14. The van der Waals surface area contributed by atoms with Gasteiger partial charge in [-0.15, -0.1) is 0 Å². The molecule has 2 rings (SSSR count). The van der Waals surface area contributed by atoms with Crippen molar-refractivity contribution < 1.29 is 17.5 Å². The first kappa shape index (κ1) is 17.4. The van der Waals surface area contributed by atoms with Crippen LogP contribution in [0.4, 0.5) is 4.39 Å². The molecule has 4 nitrogen and oxygen atoms in total. The lowest BCUT2D eigenvalue weighted by Crippen LogP contribution is -2.25. The highest BCUT2D eigenvalue weighted by Gasteiger charge is 2.16. The Kier molecular flexibility index (Phi) is 5.74. The van der Waals surface area contributed by atoms with Crippen LogP contribution in [0.2, 0.25) is 0 Å². The van der Waals surface area contributed by atoms with Crippen LogP contribution in [0.25, 0.3) is 0 Å². The highest BCUT2D eigenvalue weighted by Crippen LogP contribution is 2.16. The van der Waals surface area contributed by atoms with E-state index in [1.54, 1.807) is 14.0 Å². The molecular weight excluding hydrogens is 317 g/mol. The number of halogens is 1. The minimum absolute atomic E-state index is 0.114. The number of methoxy groups -OCH3 is 1. The molecule has 0 heterocycles. The summed E-state index contributed by atoms with van der Waals surface area (Å²) in [5.41, 5.74) is 1.51. The summed E-state index contributed by atoms with van der Waals surface area (Å²) in [7, 11) is -2.00. The molecule has 0 aliphatic heterocycles. The predicted octanol–water partition coefficient (Wildman–Crippen LogP) is 3.05. The molecule has 2 aromatic rings. The van der Waals surface area contributed by atoms with Crippen molar-refractivity contribution in [2.75, 3.05) is 13.7 Å². The fourth-order valence-electron chi connectivity index (χ4n) is 2.28. The van der Waals surface area contributed by atoms with Crippen molar-refractivity contribution in [2.24, 2.45) is 0 Å². The molecule has 0 aliphatic carbocycles. The predicted molar refractivity (Wildman–Crippen MR) is 87.6 cm³/mol. The van der Waals surface area contributed by atoms with Crippen molar-refractivity contribution in [3.05, 3.63) is 59.4 Å². The molecule has 0 atom stereocenters. The first-order valence-electron chi connectivity index (χ1n) is 7.31. The number of ether oxygens (including phenoxy) is 1. The summed E-state index contributed by atoms with van der Waals surface area (Å²) < 4.78 is 45.1. The van der Waals surface area contributed by atoms with E-state index in [9.17, 15) is 12.8 Å². The van der Waals surface area contributed by atoms with E-state index in [0.29, 0.717) is 18.5 Å². The summed E-state index contributed by atoms with van der Waals surface area (Å²) in [6, 6.07) is 11.3. The van der Waals surface area contributed by atoms with E-state index in [4.69, 9.17) is 4.74 Å². The Bertz CT molecular complexity index is 758. The molecule has 0 saturated carbocycles. The normalized spacial score (nSPS) is 11.4. The van der Waals surface area contributed by atoms with Crippen LogP contribution in [0.15, 0.2) is 47.4 Å². The number of sulfonamides is 1. The van der Waals surface area contributed by atoms with E-state index in [1.165, 1.54) is 12.1 Å². The van der Waals surface area contributed by atoms with Crippen LogP contribution >= 0.6 is 0 Å². The van der Waals surface area contributed by atoms with Gasteiger partial charge in [-0.25, -0.2) is 17.5 Å². The van der Waals surface area contributed by atoms with Gasteiger partial charge in [-0.1, -0.05) is 12.1 Å². The number of nitrogens with one attached hydrogen (secondary N) is 1. The molecule has 0 aliphatic rings. The molecule has 0 amide bonds. The van der Waals surface area contributed by atoms with Crippen LogP contribution in [-0.2, 0) is 16.4 Å². The van der Waals surface area contributed by atoms with Gasteiger partial charge in [0.05, 0.1) is 12.0 Å². The van der Waals surface area contributed by atoms with Crippen molar-refractivity contribution in [1.29, 1.82) is 0 Å². The summed E-state index contributed by atoms with van der Waals surface area (Å²) in [6.45, 7) is 1.90. The lowest BCUT2D eigenvalue weighted by Gasteiger charge is -2.09. The maximum atomic E-state index is 13.1. The smallest absolute Gasteiger partial charge is 0.240 e. The highest BCUT2D eigenvalue weighted by atomic mass is 32.2.